The molecule has 0 aromatic carbocycles. The predicted octanol–water partition coefficient (Wildman–Crippen LogP) is 1.08. The molecule has 0 amide bonds. The van der Waals surface area contributed by atoms with Crippen molar-refractivity contribution in [3.05, 3.63) is 38.0 Å². The molecule has 0 saturated heterocycles. The van der Waals surface area contributed by atoms with Gasteiger partial charge in [0.15, 0.2) is 0 Å². The van der Waals surface area contributed by atoms with E-state index in [1.807, 2.05) is 0 Å². The highest BCUT2D eigenvalue weighted by atomic mass is 16.5. The third-order valence-electron chi connectivity index (χ3n) is 2.51. The average molecular weight is 326 g/mol. The van der Waals surface area contributed by atoms with Gasteiger partial charge in [-0.05, 0) is 0 Å². The maximum atomic E-state index is 11.6. The van der Waals surface area contributed by atoms with Gasteiger partial charge >= 0.3 is 17.9 Å². The molecule has 0 unspecified atom stereocenters. The first kappa shape index (κ1) is 20.6. The van der Waals surface area contributed by atoms with Gasteiger partial charge in [0, 0.05) is 0 Å². The van der Waals surface area contributed by atoms with Crippen molar-refractivity contribution < 1.29 is 33.7 Å². The second kappa shape index (κ2) is 11.2. The van der Waals surface area contributed by atoms with Crippen LogP contribution in [0.3, 0.4) is 0 Å². The molecule has 0 bridgehead atoms. The molecule has 0 aliphatic heterocycles. The number of ether oxygens (including phenoxy) is 3. The topological polar surface area (TPSA) is 99.1 Å². The standard InChI is InChI=1S/C16H22O7/c1-4-7-21-13(17)10-16(20,11-14(18)22-8-5-2)12-15(19)23-9-6-3/h4-6,20H,1-3,7-12H2. The summed E-state index contributed by atoms with van der Waals surface area (Å²) >= 11 is 0. The smallest absolute Gasteiger partial charge is 0.309 e. The maximum absolute atomic E-state index is 11.6. The zero-order chi connectivity index (χ0) is 17.7. The average Bonchev–Trinajstić information content (AvgIpc) is 2.48. The summed E-state index contributed by atoms with van der Waals surface area (Å²) in [7, 11) is 0. The second-order valence-corrected chi connectivity index (χ2v) is 4.67. The van der Waals surface area contributed by atoms with Gasteiger partial charge in [-0.1, -0.05) is 38.0 Å². The third-order valence-corrected chi connectivity index (χ3v) is 2.51. The van der Waals surface area contributed by atoms with E-state index < -0.39 is 42.8 Å². The molecule has 0 aliphatic rings. The van der Waals surface area contributed by atoms with Crippen molar-refractivity contribution in [3.8, 4) is 0 Å². The number of aliphatic hydroxyl groups is 1. The first-order valence-corrected chi connectivity index (χ1v) is 6.89. The zero-order valence-electron chi connectivity index (χ0n) is 13.0. The van der Waals surface area contributed by atoms with Crippen molar-refractivity contribution in [2.75, 3.05) is 19.8 Å². The van der Waals surface area contributed by atoms with E-state index in [4.69, 9.17) is 14.2 Å². The quantitative estimate of drug-likeness (QED) is 0.325. The maximum Gasteiger partial charge on any atom is 0.309 e. The first-order chi connectivity index (χ1) is 10.9. The summed E-state index contributed by atoms with van der Waals surface area (Å²) in [5, 5.41) is 10.4. The number of esters is 3. The summed E-state index contributed by atoms with van der Waals surface area (Å²) in [5.74, 6) is -2.33. The predicted molar refractivity (Wildman–Crippen MR) is 82.3 cm³/mol. The minimum Gasteiger partial charge on any atom is -0.461 e. The molecule has 7 nitrogen and oxygen atoms in total. The van der Waals surface area contributed by atoms with Crippen LogP contribution >= 0.6 is 0 Å². The fraction of sp³-hybridized carbons (Fsp3) is 0.438. The first-order valence-electron chi connectivity index (χ1n) is 6.89. The number of hydrogen-bond acceptors (Lipinski definition) is 7. The van der Waals surface area contributed by atoms with E-state index >= 15 is 0 Å². The summed E-state index contributed by atoms with van der Waals surface area (Å²) < 4.78 is 14.3. The van der Waals surface area contributed by atoms with Gasteiger partial charge in [0.25, 0.3) is 0 Å². The molecule has 1 N–H and O–H groups in total. The SMILES string of the molecule is C=CCOC(=O)CC(O)(CC(=O)OCC=C)CC(=O)OCC=C. The molecule has 0 radical (unpaired) electrons. The zero-order valence-corrected chi connectivity index (χ0v) is 13.0. The Morgan fingerprint density at radius 2 is 1.00 bits per heavy atom. The summed E-state index contributed by atoms with van der Waals surface area (Å²) in [4.78, 5) is 34.9. The largest absolute Gasteiger partial charge is 0.461 e. The van der Waals surface area contributed by atoms with Gasteiger partial charge in [-0.2, -0.15) is 0 Å². The summed E-state index contributed by atoms with van der Waals surface area (Å²) in [6, 6.07) is 0. The molecule has 0 aromatic heterocycles. The van der Waals surface area contributed by atoms with Gasteiger partial charge in [-0.3, -0.25) is 14.4 Å². The summed E-state index contributed by atoms with van der Waals surface area (Å²) in [6.45, 7) is 10.0. The Bertz CT molecular complexity index is 389. The fourth-order valence-corrected chi connectivity index (χ4v) is 1.60. The molecule has 7 heteroatoms. The molecule has 0 aromatic rings. The number of rotatable bonds is 12. The lowest BCUT2D eigenvalue weighted by molar-refractivity contribution is -0.159. The minimum atomic E-state index is -1.96. The Kier molecular flexibility index (Phi) is 10.0. The lowest BCUT2D eigenvalue weighted by Gasteiger charge is -2.25. The number of hydrogen-bond donors (Lipinski definition) is 1. The minimum absolute atomic E-state index is 0.0449. The molecular weight excluding hydrogens is 304 g/mol. The normalized spacial score (nSPS) is 10.3. The highest BCUT2D eigenvalue weighted by Gasteiger charge is 2.37. The summed E-state index contributed by atoms with van der Waals surface area (Å²) in [5.41, 5.74) is -1.96. The van der Waals surface area contributed by atoms with Gasteiger partial charge in [-0.15, -0.1) is 0 Å². The van der Waals surface area contributed by atoms with Crippen LogP contribution in [0, 0.1) is 0 Å². The lowest BCUT2D eigenvalue weighted by Crippen LogP contribution is -2.38. The van der Waals surface area contributed by atoms with Crippen LogP contribution in [0.25, 0.3) is 0 Å². The number of carbonyl (C=O) groups is 3. The molecule has 23 heavy (non-hydrogen) atoms. The highest BCUT2D eigenvalue weighted by Crippen LogP contribution is 2.22. The van der Waals surface area contributed by atoms with Crippen LogP contribution in [0.4, 0.5) is 0 Å². The van der Waals surface area contributed by atoms with E-state index in [0.29, 0.717) is 0 Å². The van der Waals surface area contributed by atoms with E-state index in [9.17, 15) is 19.5 Å². The van der Waals surface area contributed by atoms with Crippen LogP contribution in [0.2, 0.25) is 0 Å². The van der Waals surface area contributed by atoms with Crippen LogP contribution in [0.5, 0.6) is 0 Å². The molecule has 0 spiro atoms. The van der Waals surface area contributed by atoms with Crippen molar-refractivity contribution in [2.24, 2.45) is 0 Å². The van der Waals surface area contributed by atoms with E-state index in [2.05, 4.69) is 19.7 Å². The van der Waals surface area contributed by atoms with Gasteiger partial charge < -0.3 is 19.3 Å². The van der Waals surface area contributed by atoms with Crippen molar-refractivity contribution in [3.63, 3.8) is 0 Å². The highest BCUT2D eigenvalue weighted by molar-refractivity contribution is 5.78. The van der Waals surface area contributed by atoms with E-state index in [0.717, 1.165) is 0 Å². The molecule has 128 valence electrons. The van der Waals surface area contributed by atoms with Crippen molar-refractivity contribution >= 4 is 17.9 Å². The monoisotopic (exact) mass is 326 g/mol. The Labute approximate surface area is 135 Å². The van der Waals surface area contributed by atoms with Crippen LogP contribution in [-0.4, -0.2) is 48.4 Å². The van der Waals surface area contributed by atoms with Crippen LogP contribution in [0.1, 0.15) is 19.3 Å². The third kappa shape index (κ3) is 10.0. The number of carbonyl (C=O) groups excluding carboxylic acids is 3. The van der Waals surface area contributed by atoms with Crippen molar-refractivity contribution in [1.29, 1.82) is 0 Å². The van der Waals surface area contributed by atoms with Gasteiger partial charge in [0.1, 0.15) is 19.8 Å². The van der Waals surface area contributed by atoms with Crippen LogP contribution in [0.15, 0.2) is 38.0 Å². The van der Waals surface area contributed by atoms with E-state index in [-0.39, 0.29) is 19.8 Å². The molecule has 0 heterocycles. The molecule has 0 rings (SSSR count). The van der Waals surface area contributed by atoms with Crippen LogP contribution in [-0.2, 0) is 28.6 Å². The fourth-order valence-electron chi connectivity index (χ4n) is 1.60. The van der Waals surface area contributed by atoms with Crippen molar-refractivity contribution in [1.82, 2.24) is 0 Å². The Hall–Kier alpha value is -2.41. The lowest BCUT2D eigenvalue weighted by atomic mass is 9.91. The molecular formula is C16H22O7. The van der Waals surface area contributed by atoms with Gasteiger partial charge in [0.2, 0.25) is 0 Å². The molecule has 0 fully saturated rings. The van der Waals surface area contributed by atoms with Crippen molar-refractivity contribution in [2.45, 2.75) is 24.9 Å². The second-order valence-electron chi connectivity index (χ2n) is 4.67. The Balaban J connectivity index is 4.86. The van der Waals surface area contributed by atoms with Gasteiger partial charge in [0.05, 0.1) is 24.9 Å². The molecule has 0 atom stereocenters. The van der Waals surface area contributed by atoms with E-state index in [1.54, 1.807) is 0 Å². The molecule has 0 saturated carbocycles. The van der Waals surface area contributed by atoms with Gasteiger partial charge in [-0.25, -0.2) is 0 Å². The van der Waals surface area contributed by atoms with E-state index in [1.165, 1.54) is 18.2 Å². The molecule has 0 aliphatic carbocycles. The Morgan fingerprint density at radius 1 is 0.739 bits per heavy atom. The summed E-state index contributed by atoms with van der Waals surface area (Å²) in [6.07, 6.45) is 2.38. The Morgan fingerprint density at radius 3 is 1.22 bits per heavy atom. The van der Waals surface area contributed by atoms with Crippen LogP contribution < -0.4 is 0 Å².